The molecule has 0 spiro atoms. The third-order valence-electron chi connectivity index (χ3n) is 4.50. The van der Waals surface area contributed by atoms with E-state index in [1.54, 1.807) is 43.5 Å². The molecule has 0 amide bonds. The second-order valence-corrected chi connectivity index (χ2v) is 6.38. The molecule has 0 aliphatic heterocycles. The van der Waals surface area contributed by atoms with Gasteiger partial charge in [0.15, 0.2) is 11.7 Å². The number of hydrogen-bond acceptors (Lipinski definition) is 1. The van der Waals surface area contributed by atoms with Gasteiger partial charge in [-0.05, 0) is 35.2 Å². The predicted octanol–water partition coefficient (Wildman–Crippen LogP) is 7.08. The Kier molecular flexibility index (Phi) is 6.02. The minimum atomic E-state index is -0.848. The summed E-state index contributed by atoms with van der Waals surface area (Å²) in [5.74, 6) is -0.911. The van der Waals surface area contributed by atoms with E-state index < -0.39 is 11.7 Å². The zero-order chi connectivity index (χ0) is 19.2. The quantitative estimate of drug-likeness (QED) is 0.425. The summed E-state index contributed by atoms with van der Waals surface area (Å²) >= 11 is 0. The van der Waals surface area contributed by atoms with Gasteiger partial charge in [-0.25, -0.2) is 8.78 Å². The summed E-state index contributed by atoms with van der Waals surface area (Å²) in [7, 11) is 1.62. The molecule has 3 aromatic carbocycles. The molecule has 0 aromatic heterocycles. The van der Waals surface area contributed by atoms with Crippen LogP contribution in [0.2, 0.25) is 0 Å². The third kappa shape index (κ3) is 4.43. The summed E-state index contributed by atoms with van der Waals surface area (Å²) < 4.78 is 34.3. The zero-order valence-electron chi connectivity index (χ0n) is 15.5. The highest BCUT2D eigenvalue weighted by Crippen LogP contribution is 2.31. The fourth-order valence-corrected chi connectivity index (χ4v) is 2.95. The number of halogens is 2. The molecular formula is C24H22F2O. The average Bonchev–Trinajstić information content (AvgIpc) is 2.74. The first kappa shape index (κ1) is 18.8. The van der Waals surface area contributed by atoms with E-state index in [0.29, 0.717) is 0 Å². The normalized spacial score (nSPS) is 11.9. The lowest BCUT2D eigenvalue weighted by Crippen LogP contribution is -1.88. The Labute approximate surface area is 158 Å². The molecule has 0 unspecified atom stereocenters. The average molecular weight is 364 g/mol. The van der Waals surface area contributed by atoms with E-state index in [-0.39, 0.29) is 11.1 Å². The standard InChI is InChI=1S/C24H22F2O/c1-3-4-17-5-7-20(8-6-17)23(25)24(26)21-11-9-18(10-12-21)19-13-15-22(27-2)16-14-19/h5-16H,3-4H2,1-2H3/b24-23+. The minimum absolute atomic E-state index is 0.224. The van der Waals surface area contributed by atoms with Crippen LogP contribution in [0.15, 0.2) is 72.8 Å². The van der Waals surface area contributed by atoms with Crippen molar-refractivity contribution in [3.8, 4) is 16.9 Å². The van der Waals surface area contributed by atoms with Gasteiger partial charge in [-0.15, -0.1) is 0 Å². The number of ether oxygens (including phenoxy) is 1. The molecule has 0 atom stereocenters. The van der Waals surface area contributed by atoms with Crippen LogP contribution in [-0.2, 0) is 6.42 Å². The van der Waals surface area contributed by atoms with E-state index in [9.17, 15) is 8.78 Å². The topological polar surface area (TPSA) is 9.23 Å². The van der Waals surface area contributed by atoms with Crippen LogP contribution >= 0.6 is 0 Å². The monoisotopic (exact) mass is 364 g/mol. The van der Waals surface area contributed by atoms with Gasteiger partial charge in [0.2, 0.25) is 0 Å². The summed E-state index contributed by atoms with van der Waals surface area (Å²) in [5.41, 5.74) is 3.52. The molecule has 3 rings (SSSR count). The van der Waals surface area contributed by atoms with Gasteiger partial charge in [0.1, 0.15) is 5.75 Å². The Balaban J connectivity index is 1.83. The lowest BCUT2D eigenvalue weighted by molar-refractivity contribution is 0.415. The molecule has 27 heavy (non-hydrogen) atoms. The maximum atomic E-state index is 14.6. The van der Waals surface area contributed by atoms with Crippen molar-refractivity contribution in [2.24, 2.45) is 0 Å². The highest BCUT2D eigenvalue weighted by molar-refractivity contribution is 5.83. The van der Waals surface area contributed by atoms with Crippen LogP contribution in [0, 0.1) is 0 Å². The lowest BCUT2D eigenvalue weighted by atomic mass is 10.0. The molecular weight excluding hydrogens is 342 g/mol. The minimum Gasteiger partial charge on any atom is -0.497 e. The van der Waals surface area contributed by atoms with Crippen molar-refractivity contribution in [3.63, 3.8) is 0 Å². The largest absolute Gasteiger partial charge is 0.497 e. The van der Waals surface area contributed by atoms with Gasteiger partial charge in [-0.1, -0.05) is 74.0 Å². The van der Waals surface area contributed by atoms with Gasteiger partial charge in [0, 0.05) is 11.1 Å². The molecule has 0 heterocycles. The number of hydrogen-bond donors (Lipinski definition) is 0. The van der Waals surface area contributed by atoms with E-state index >= 15 is 0 Å². The van der Waals surface area contributed by atoms with Gasteiger partial charge in [-0.3, -0.25) is 0 Å². The third-order valence-corrected chi connectivity index (χ3v) is 4.50. The Bertz CT molecular complexity index is 908. The van der Waals surface area contributed by atoms with Crippen LogP contribution in [0.5, 0.6) is 5.75 Å². The van der Waals surface area contributed by atoms with Gasteiger partial charge < -0.3 is 4.74 Å². The van der Waals surface area contributed by atoms with Crippen LogP contribution in [0.3, 0.4) is 0 Å². The summed E-state index contributed by atoms with van der Waals surface area (Å²) in [5, 5.41) is 0. The highest BCUT2D eigenvalue weighted by atomic mass is 19.2. The van der Waals surface area contributed by atoms with E-state index in [2.05, 4.69) is 6.92 Å². The van der Waals surface area contributed by atoms with Gasteiger partial charge in [-0.2, -0.15) is 0 Å². The van der Waals surface area contributed by atoms with Crippen molar-refractivity contribution in [2.45, 2.75) is 19.8 Å². The van der Waals surface area contributed by atoms with Gasteiger partial charge in [0.25, 0.3) is 0 Å². The molecule has 3 heteroatoms. The zero-order valence-corrected chi connectivity index (χ0v) is 15.5. The van der Waals surface area contributed by atoms with Crippen LogP contribution in [0.25, 0.3) is 22.8 Å². The number of methoxy groups -OCH3 is 1. The first-order chi connectivity index (χ1) is 13.1. The van der Waals surface area contributed by atoms with Crippen LogP contribution in [-0.4, -0.2) is 7.11 Å². The highest BCUT2D eigenvalue weighted by Gasteiger charge is 2.12. The summed E-state index contributed by atoms with van der Waals surface area (Å²) in [6.07, 6.45) is 1.95. The molecule has 0 fully saturated rings. The smallest absolute Gasteiger partial charge is 0.166 e. The predicted molar refractivity (Wildman–Crippen MR) is 108 cm³/mol. The molecule has 0 aliphatic carbocycles. The molecule has 0 saturated carbocycles. The second kappa shape index (κ2) is 8.63. The maximum absolute atomic E-state index is 14.6. The molecule has 1 nitrogen and oxygen atoms in total. The SMILES string of the molecule is CCCc1ccc(/C(F)=C(\F)c2ccc(-c3ccc(OC)cc3)cc2)cc1. The van der Waals surface area contributed by atoms with Crippen LogP contribution < -0.4 is 4.74 Å². The number of rotatable bonds is 6. The Morgan fingerprint density at radius 3 is 1.59 bits per heavy atom. The maximum Gasteiger partial charge on any atom is 0.166 e. The van der Waals surface area contributed by atoms with Crippen molar-refractivity contribution in [3.05, 3.63) is 89.5 Å². The van der Waals surface area contributed by atoms with Crippen molar-refractivity contribution in [1.29, 1.82) is 0 Å². The van der Waals surface area contributed by atoms with Gasteiger partial charge in [0.05, 0.1) is 7.11 Å². The first-order valence-electron chi connectivity index (χ1n) is 9.02. The van der Waals surface area contributed by atoms with Gasteiger partial charge >= 0.3 is 0 Å². The van der Waals surface area contributed by atoms with E-state index in [1.165, 1.54) is 0 Å². The lowest BCUT2D eigenvalue weighted by Gasteiger charge is -2.06. The van der Waals surface area contributed by atoms with Crippen LogP contribution in [0.1, 0.15) is 30.0 Å². The molecule has 0 N–H and O–H groups in total. The van der Waals surface area contributed by atoms with Crippen molar-refractivity contribution in [2.75, 3.05) is 7.11 Å². The second-order valence-electron chi connectivity index (χ2n) is 6.38. The molecule has 0 bridgehead atoms. The van der Waals surface area contributed by atoms with E-state index in [1.807, 2.05) is 36.4 Å². The molecule has 0 aliphatic rings. The fraction of sp³-hybridized carbons (Fsp3) is 0.167. The van der Waals surface area contributed by atoms with E-state index in [0.717, 1.165) is 35.3 Å². The van der Waals surface area contributed by atoms with E-state index in [4.69, 9.17) is 4.74 Å². The molecule has 0 saturated heterocycles. The molecule has 3 aromatic rings. The summed E-state index contributed by atoms with van der Waals surface area (Å²) in [6.45, 7) is 2.09. The summed E-state index contributed by atoms with van der Waals surface area (Å²) in [6, 6.07) is 21.3. The first-order valence-corrected chi connectivity index (χ1v) is 9.02. The molecule has 0 radical (unpaired) electrons. The summed E-state index contributed by atoms with van der Waals surface area (Å²) in [4.78, 5) is 0. The van der Waals surface area contributed by atoms with Crippen molar-refractivity contribution >= 4 is 11.7 Å². The van der Waals surface area contributed by atoms with Crippen LogP contribution in [0.4, 0.5) is 8.78 Å². The van der Waals surface area contributed by atoms with Crippen molar-refractivity contribution < 1.29 is 13.5 Å². The fourth-order valence-electron chi connectivity index (χ4n) is 2.95. The molecule has 138 valence electrons. The number of aryl methyl sites for hydroxylation is 1. The Hall–Kier alpha value is -2.94. The Morgan fingerprint density at radius 1 is 0.704 bits per heavy atom. The number of benzene rings is 3. The van der Waals surface area contributed by atoms with Crippen molar-refractivity contribution in [1.82, 2.24) is 0 Å². The Morgan fingerprint density at radius 2 is 1.15 bits per heavy atom.